The SMILES string of the molecule is CCCOC(=O)C(c1ccccc1)N1C(=O)/C(=C/c2cc(Br)c(OCc3ccc(Cl)cc3Cl)c(OCC)c2)SC1=S. The molecule has 4 rings (SSSR count). The summed E-state index contributed by atoms with van der Waals surface area (Å²) in [5, 5.41) is 1.04. The summed E-state index contributed by atoms with van der Waals surface area (Å²) in [6.07, 6.45) is 2.38. The van der Waals surface area contributed by atoms with Crippen molar-refractivity contribution < 1.29 is 23.8 Å². The molecule has 214 valence electrons. The molecule has 11 heteroatoms. The molecular weight excluding hydrogens is 669 g/mol. The fourth-order valence-corrected chi connectivity index (χ4v) is 6.37. The minimum Gasteiger partial charge on any atom is -0.490 e. The second-order valence-electron chi connectivity index (χ2n) is 8.82. The molecule has 3 aromatic carbocycles. The quantitative estimate of drug-likeness (QED) is 0.113. The van der Waals surface area contributed by atoms with Crippen molar-refractivity contribution in [3.8, 4) is 11.5 Å². The second-order valence-corrected chi connectivity index (χ2v) is 12.2. The largest absolute Gasteiger partial charge is 0.490 e. The molecule has 1 unspecified atom stereocenters. The monoisotopic (exact) mass is 693 g/mol. The number of benzene rings is 3. The van der Waals surface area contributed by atoms with Gasteiger partial charge in [-0.15, -0.1) is 0 Å². The van der Waals surface area contributed by atoms with Gasteiger partial charge in [0, 0.05) is 15.6 Å². The van der Waals surface area contributed by atoms with E-state index in [1.165, 1.54) is 4.90 Å². The van der Waals surface area contributed by atoms with Crippen LogP contribution in [0.2, 0.25) is 10.0 Å². The zero-order valence-electron chi connectivity index (χ0n) is 22.2. The summed E-state index contributed by atoms with van der Waals surface area (Å²) in [4.78, 5) is 28.4. The second kappa shape index (κ2) is 14.6. The van der Waals surface area contributed by atoms with Gasteiger partial charge in [0.1, 0.15) is 10.9 Å². The van der Waals surface area contributed by atoms with Crippen LogP contribution in [0.1, 0.15) is 43.0 Å². The predicted molar refractivity (Wildman–Crippen MR) is 172 cm³/mol. The Morgan fingerprint density at radius 1 is 1.10 bits per heavy atom. The molecule has 0 saturated carbocycles. The number of carbonyl (C=O) groups excluding carboxylic acids is 2. The molecule has 3 aromatic rings. The van der Waals surface area contributed by atoms with Gasteiger partial charge in [-0.1, -0.05) is 90.5 Å². The number of halogens is 3. The molecule has 0 aromatic heterocycles. The first-order valence-corrected chi connectivity index (χ1v) is 15.5. The van der Waals surface area contributed by atoms with E-state index in [2.05, 4.69) is 15.9 Å². The van der Waals surface area contributed by atoms with E-state index in [1.807, 2.05) is 26.0 Å². The third kappa shape index (κ3) is 7.64. The Bertz CT molecular complexity index is 1490. The van der Waals surface area contributed by atoms with Gasteiger partial charge >= 0.3 is 5.97 Å². The lowest BCUT2D eigenvalue weighted by Gasteiger charge is -2.25. The van der Waals surface area contributed by atoms with E-state index in [-0.39, 0.29) is 23.4 Å². The number of amides is 1. The van der Waals surface area contributed by atoms with E-state index in [4.69, 9.17) is 49.6 Å². The Hall–Kier alpha value is -2.56. The first-order chi connectivity index (χ1) is 19.7. The topological polar surface area (TPSA) is 65.1 Å². The van der Waals surface area contributed by atoms with Gasteiger partial charge < -0.3 is 14.2 Å². The lowest BCUT2D eigenvalue weighted by Crippen LogP contribution is -2.38. The number of thiocarbonyl (C=S) groups is 1. The van der Waals surface area contributed by atoms with Crippen molar-refractivity contribution in [3.05, 3.63) is 96.8 Å². The molecule has 6 nitrogen and oxygen atoms in total. The summed E-state index contributed by atoms with van der Waals surface area (Å²) >= 11 is 22.6. The molecule has 1 aliphatic rings. The van der Waals surface area contributed by atoms with Crippen LogP contribution in [0.25, 0.3) is 6.08 Å². The van der Waals surface area contributed by atoms with Gasteiger partial charge in [-0.3, -0.25) is 9.69 Å². The number of ether oxygens (including phenoxy) is 3. The van der Waals surface area contributed by atoms with Gasteiger partial charge in [0.2, 0.25) is 0 Å². The van der Waals surface area contributed by atoms with Crippen LogP contribution in [0.3, 0.4) is 0 Å². The zero-order chi connectivity index (χ0) is 29.5. The van der Waals surface area contributed by atoms with Gasteiger partial charge in [-0.2, -0.15) is 0 Å². The lowest BCUT2D eigenvalue weighted by molar-refractivity contribution is -0.151. The molecule has 0 N–H and O–H groups in total. The highest BCUT2D eigenvalue weighted by Crippen LogP contribution is 2.42. The fourth-order valence-electron chi connectivity index (χ4n) is 4.02. The van der Waals surface area contributed by atoms with Crippen molar-refractivity contribution in [1.82, 2.24) is 4.90 Å². The Morgan fingerprint density at radius 2 is 1.85 bits per heavy atom. The number of rotatable bonds is 11. The molecule has 41 heavy (non-hydrogen) atoms. The summed E-state index contributed by atoms with van der Waals surface area (Å²) < 4.78 is 18.3. The average Bonchev–Trinajstić information content (AvgIpc) is 3.21. The molecule has 0 aliphatic carbocycles. The highest BCUT2D eigenvalue weighted by Gasteiger charge is 2.42. The molecule has 1 fully saturated rings. The maximum atomic E-state index is 13.6. The Morgan fingerprint density at radius 3 is 2.54 bits per heavy atom. The third-order valence-electron chi connectivity index (χ3n) is 5.89. The third-order valence-corrected chi connectivity index (χ3v) is 8.39. The number of hydrogen-bond acceptors (Lipinski definition) is 7. The van der Waals surface area contributed by atoms with E-state index in [0.717, 1.165) is 17.3 Å². The lowest BCUT2D eigenvalue weighted by atomic mass is 10.1. The molecule has 0 spiro atoms. The molecule has 1 heterocycles. The van der Waals surface area contributed by atoms with Gasteiger partial charge in [0.25, 0.3) is 5.91 Å². The Labute approximate surface area is 267 Å². The van der Waals surface area contributed by atoms with Crippen molar-refractivity contribution in [2.75, 3.05) is 13.2 Å². The molecule has 0 radical (unpaired) electrons. The van der Waals surface area contributed by atoms with Crippen molar-refractivity contribution in [1.29, 1.82) is 0 Å². The van der Waals surface area contributed by atoms with Crippen LogP contribution in [0.4, 0.5) is 0 Å². The van der Waals surface area contributed by atoms with E-state index in [0.29, 0.717) is 55.1 Å². The number of nitrogens with zero attached hydrogens (tertiary/aromatic N) is 1. The molecule has 1 saturated heterocycles. The van der Waals surface area contributed by atoms with Gasteiger partial charge in [-0.25, -0.2) is 4.79 Å². The van der Waals surface area contributed by atoms with Crippen LogP contribution >= 0.6 is 63.1 Å². The smallest absolute Gasteiger partial charge is 0.333 e. The Balaban J connectivity index is 1.62. The van der Waals surface area contributed by atoms with Crippen LogP contribution in [0, 0.1) is 0 Å². The maximum absolute atomic E-state index is 13.6. The van der Waals surface area contributed by atoms with E-state index in [1.54, 1.807) is 54.6 Å². The van der Waals surface area contributed by atoms with Crippen LogP contribution < -0.4 is 9.47 Å². The molecule has 1 aliphatic heterocycles. The number of carbonyl (C=O) groups is 2. The highest BCUT2D eigenvalue weighted by molar-refractivity contribution is 9.10. The first-order valence-electron chi connectivity index (χ1n) is 12.7. The molecule has 1 amide bonds. The maximum Gasteiger partial charge on any atom is 0.333 e. The highest BCUT2D eigenvalue weighted by atomic mass is 79.9. The summed E-state index contributed by atoms with van der Waals surface area (Å²) in [6, 6.07) is 16.8. The summed E-state index contributed by atoms with van der Waals surface area (Å²) in [5.41, 5.74) is 2.07. The van der Waals surface area contributed by atoms with Crippen molar-refractivity contribution in [3.63, 3.8) is 0 Å². The van der Waals surface area contributed by atoms with Crippen molar-refractivity contribution in [2.45, 2.75) is 32.9 Å². The van der Waals surface area contributed by atoms with Crippen LogP contribution in [-0.2, 0) is 20.9 Å². The van der Waals surface area contributed by atoms with Gasteiger partial charge in [-0.05, 0) is 70.7 Å². The number of thioether (sulfide) groups is 1. The normalized spacial score (nSPS) is 14.9. The molecule has 1 atom stereocenters. The van der Waals surface area contributed by atoms with Crippen LogP contribution in [0.15, 0.2) is 70.0 Å². The van der Waals surface area contributed by atoms with Gasteiger partial charge in [0.15, 0.2) is 17.5 Å². The minimum absolute atomic E-state index is 0.196. The van der Waals surface area contributed by atoms with E-state index in [9.17, 15) is 9.59 Å². The fraction of sp³-hybridized carbons (Fsp3) is 0.233. The molecule has 0 bridgehead atoms. The first kappa shape index (κ1) is 31.4. The van der Waals surface area contributed by atoms with Gasteiger partial charge in [0.05, 0.1) is 22.6 Å². The number of esters is 1. The van der Waals surface area contributed by atoms with E-state index >= 15 is 0 Å². The average molecular weight is 695 g/mol. The number of hydrogen-bond donors (Lipinski definition) is 0. The summed E-state index contributed by atoms with van der Waals surface area (Å²) in [5.74, 6) is 0.0673. The van der Waals surface area contributed by atoms with Crippen molar-refractivity contribution >= 4 is 85.4 Å². The zero-order valence-corrected chi connectivity index (χ0v) is 26.9. The van der Waals surface area contributed by atoms with Crippen LogP contribution in [-0.4, -0.2) is 34.3 Å². The Kier molecular flexibility index (Phi) is 11.1. The predicted octanol–water partition coefficient (Wildman–Crippen LogP) is 8.63. The van der Waals surface area contributed by atoms with Crippen LogP contribution in [0.5, 0.6) is 11.5 Å². The van der Waals surface area contributed by atoms with Crippen molar-refractivity contribution in [2.24, 2.45) is 0 Å². The standard InChI is InChI=1S/C30H26BrCl2NO5S2/c1-3-12-38-29(36)26(19-8-6-5-7-9-19)34-28(35)25(41-30(34)40)15-18-13-22(31)27(24(14-18)37-4-2)39-17-20-10-11-21(32)16-23(20)33/h5-11,13-16,26H,3-4,12,17H2,1-2H3/b25-15-. The summed E-state index contributed by atoms with van der Waals surface area (Å²) in [6.45, 7) is 4.62. The van der Waals surface area contributed by atoms with E-state index < -0.39 is 12.0 Å². The summed E-state index contributed by atoms with van der Waals surface area (Å²) in [7, 11) is 0. The minimum atomic E-state index is -0.984. The molecular formula is C30H26BrCl2NO5S2.